The molecule has 4 rings (SSSR count). The summed E-state index contributed by atoms with van der Waals surface area (Å²) in [4.78, 5) is 19.7. The Morgan fingerprint density at radius 2 is 1.57 bits per heavy atom. The molecule has 0 aliphatic carbocycles. The number of hydrogen-bond donors (Lipinski definition) is 4. The number of allylic oxidation sites excluding steroid dienone is 1. The predicted octanol–water partition coefficient (Wildman–Crippen LogP) is 7.01. The second-order valence-corrected chi connectivity index (χ2v) is 9.39. The van der Waals surface area contributed by atoms with E-state index in [9.17, 15) is 4.79 Å². The van der Waals surface area contributed by atoms with Crippen molar-refractivity contribution in [3.05, 3.63) is 113 Å². The van der Waals surface area contributed by atoms with Gasteiger partial charge in [0.05, 0.1) is 30.1 Å². The fraction of sp³-hybridized carbons (Fsp3) is 0.194. The molecule has 46 heavy (non-hydrogen) atoms. The molecule has 8 nitrogen and oxygen atoms in total. The number of nitrogens with one attached hydrogen (secondary N) is 1. The summed E-state index contributed by atoms with van der Waals surface area (Å²) in [6.45, 7) is 8.91. The summed E-state index contributed by atoms with van der Waals surface area (Å²) < 4.78 is 36.3. The van der Waals surface area contributed by atoms with E-state index in [-0.39, 0.29) is 16.9 Å². The van der Waals surface area contributed by atoms with E-state index in [0.29, 0.717) is 36.6 Å². The van der Waals surface area contributed by atoms with Crippen molar-refractivity contribution in [1.29, 1.82) is 0 Å². The third kappa shape index (κ3) is 9.48. The first kappa shape index (κ1) is 37.2. The van der Waals surface area contributed by atoms with Crippen molar-refractivity contribution in [1.82, 2.24) is 0 Å². The number of carbonyl (C=O) groups excluding carboxylic acids is 1. The normalized spacial score (nSPS) is 10.8. The SMILES string of the molecule is C=Nc1c(Nc2ccc(C)c(C=O)c2)cc(F)c(-c2ccc(-c3ccc(C(/C=C\N)=NCCOCC)cc3)cc2)c1F.CO.CO. The van der Waals surface area contributed by atoms with E-state index < -0.39 is 11.6 Å². The van der Waals surface area contributed by atoms with E-state index in [4.69, 9.17) is 20.7 Å². The molecule has 242 valence electrons. The fourth-order valence-corrected chi connectivity index (χ4v) is 4.49. The molecule has 0 aliphatic rings. The summed E-state index contributed by atoms with van der Waals surface area (Å²) in [6, 6.07) is 21.0. The van der Waals surface area contributed by atoms with Crippen LogP contribution in [0.3, 0.4) is 0 Å². The highest BCUT2D eigenvalue weighted by atomic mass is 19.1. The van der Waals surface area contributed by atoms with Gasteiger partial charge in [0.2, 0.25) is 0 Å². The predicted molar refractivity (Wildman–Crippen MR) is 184 cm³/mol. The second-order valence-electron chi connectivity index (χ2n) is 9.39. The van der Waals surface area contributed by atoms with Crippen LogP contribution < -0.4 is 11.1 Å². The Hall–Kier alpha value is -5.03. The van der Waals surface area contributed by atoms with Crippen molar-refractivity contribution in [2.45, 2.75) is 13.8 Å². The first-order chi connectivity index (χ1) is 22.4. The van der Waals surface area contributed by atoms with Crippen LogP contribution in [0.4, 0.5) is 25.8 Å². The van der Waals surface area contributed by atoms with Crippen LogP contribution in [0, 0.1) is 18.6 Å². The molecule has 0 saturated heterocycles. The van der Waals surface area contributed by atoms with Gasteiger partial charge in [-0.1, -0.05) is 54.6 Å². The Morgan fingerprint density at radius 1 is 0.957 bits per heavy atom. The van der Waals surface area contributed by atoms with Crippen LogP contribution in [0.2, 0.25) is 0 Å². The third-order valence-electron chi connectivity index (χ3n) is 6.70. The minimum absolute atomic E-state index is 0.103. The second kappa shape index (κ2) is 19.4. The van der Waals surface area contributed by atoms with Crippen LogP contribution in [0.5, 0.6) is 0 Å². The summed E-state index contributed by atoms with van der Waals surface area (Å²) in [5.41, 5.74) is 11.0. The summed E-state index contributed by atoms with van der Waals surface area (Å²) >= 11 is 0. The lowest BCUT2D eigenvalue weighted by atomic mass is 9.97. The van der Waals surface area contributed by atoms with E-state index in [1.807, 2.05) is 31.2 Å². The molecule has 0 unspecified atom stereocenters. The maximum Gasteiger partial charge on any atom is 0.161 e. The summed E-state index contributed by atoms with van der Waals surface area (Å²) in [6.07, 6.45) is 3.92. The number of aliphatic hydroxyl groups excluding tert-OH is 2. The molecule has 0 bridgehead atoms. The van der Waals surface area contributed by atoms with Gasteiger partial charge in [0.1, 0.15) is 17.8 Å². The quantitative estimate of drug-likeness (QED) is 0.0757. The van der Waals surface area contributed by atoms with Crippen molar-refractivity contribution >= 4 is 35.8 Å². The van der Waals surface area contributed by atoms with Gasteiger partial charge in [0.25, 0.3) is 0 Å². The Balaban J connectivity index is 0.00000177. The molecule has 4 aromatic carbocycles. The first-order valence-corrected chi connectivity index (χ1v) is 14.3. The van der Waals surface area contributed by atoms with E-state index in [2.05, 4.69) is 22.0 Å². The molecule has 0 spiro atoms. The average molecular weight is 631 g/mol. The number of rotatable bonds is 12. The van der Waals surface area contributed by atoms with Gasteiger partial charge in [-0.3, -0.25) is 14.8 Å². The van der Waals surface area contributed by atoms with Crippen molar-refractivity contribution < 1.29 is 28.5 Å². The maximum absolute atomic E-state index is 15.6. The number of ether oxygens (including phenoxy) is 1. The van der Waals surface area contributed by atoms with Gasteiger partial charge >= 0.3 is 0 Å². The van der Waals surface area contributed by atoms with E-state index in [0.717, 1.165) is 48.5 Å². The zero-order valence-electron chi connectivity index (χ0n) is 26.4. The van der Waals surface area contributed by atoms with Gasteiger partial charge in [0, 0.05) is 38.1 Å². The molecule has 0 radical (unpaired) electrons. The minimum Gasteiger partial charge on any atom is -0.405 e. The van der Waals surface area contributed by atoms with Crippen molar-refractivity contribution in [3.8, 4) is 22.3 Å². The number of benzene rings is 4. The summed E-state index contributed by atoms with van der Waals surface area (Å²) in [7, 11) is 2.00. The molecule has 0 saturated carbocycles. The van der Waals surface area contributed by atoms with Crippen LogP contribution in [-0.2, 0) is 4.74 Å². The number of aldehydes is 1. The number of halogens is 2. The highest BCUT2D eigenvalue weighted by molar-refractivity contribution is 6.08. The minimum atomic E-state index is -0.837. The summed E-state index contributed by atoms with van der Waals surface area (Å²) in [5.74, 6) is -1.59. The molecular formula is C36H40F2N4O4. The van der Waals surface area contributed by atoms with Gasteiger partial charge < -0.3 is 26.0 Å². The van der Waals surface area contributed by atoms with E-state index >= 15 is 8.78 Å². The van der Waals surface area contributed by atoms with Gasteiger partial charge in [-0.25, -0.2) is 8.78 Å². The monoisotopic (exact) mass is 630 g/mol. The fourth-order valence-electron chi connectivity index (χ4n) is 4.49. The van der Waals surface area contributed by atoms with Crippen LogP contribution in [0.15, 0.2) is 95.1 Å². The van der Waals surface area contributed by atoms with E-state index in [1.54, 1.807) is 55.5 Å². The largest absolute Gasteiger partial charge is 0.405 e. The number of aryl methyl sites for hydroxylation is 1. The zero-order chi connectivity index (χ0) is 34.1. The number of nitrogens with zero attached hydrogens (tertiary/aromatic N) is 2. The Labute approximate surface area is 268 Å². The number of carbonyl (C=O) groups is 1. The van der Waals surface area contributed by atoms with Crippen LogP contribution in [0.1, 0.15) is 28.4 Å². The Bertz CT molecular complexity index is 1640. The molecular weight excluding hydrogens is 590 g/mol. The highest BCUT2D eigenvalue weighted by Crippen LogP contribution is 2.39. The van der Waals surface area contributed by atoms with Crippen molar-refractivity contribution in [2.75, 3.05) is 39.3 Å². The molecule has 0 amide bonds. The molecule has 0 aliphatic heterocycles. The van der Waals surface area contributed by atoms with Gasteiger partial charge in [-0.2, -0.15) is 0 Å². The van der Waals surface area contributed by atoms with Gasteiger partial charge in [-0.15, -0.1) is 0 Å². The van der Waals surface area contributed by atoms with Crippen molar-refractivity contribution in [2.24, 2.45) is 15.7 Å². The molecule has 0 atom stereocenters. The number of aliphatic hydroxyl groups is 2. The Morgan fingerprint density at radius 3 is 2.13 bits per heavy atom. The summed E-state index contributed by atoms with van der Waals surface area (Å²) in [5, 5.41) is 17.0. The number of hydrogen-bond acceptors (Lipinski definition) is 8. The molecule has 0 aromatic heterocycles. The lowest BCUT2D eigenvalue weighted by molar-refractivity contribution is 0.112. The number of anilines is 2. The Kier molecular flexibility index (Phi) is 15.7. The highest BCUT2D eigenvalue weighted by Gasteiger charge is 2.20. The van der Waals surface area contributed by atoms with Crippen molar-refractivity contribution in [3.63, 3.8) is 0 Å². The number of aliphatic imine (C=N–C) groups is 2. The van der Waals surface area contributed by atoms with E-state index in [1.165, 1.54) is 12.3 Å². The lowest BCUT2D eigenvalue weighted by Gasteiger charge is -2.15. The smallest absolute Gasteiger partial charge is 0.161 e. The third-order valence-corrected chi connectivity index (χ3v) is 6.70. The van der Waals surface area contributed by atoms with Gasteiger partial charge in [-0.05, 0) is 72.8 Å². The zero-order valence-corrected chi connectivity index (χ0v) is 26.4. The lowest BCUT2D eigenvalue weighted by Crippen LogP contribution is -2.03. The molecule has 0 fully saturated rings. The standard InChI is InChI=1S/C34H32F2N4O2.2CH4O/c1-4-42-18-17-39-30(15-16-37)25-10-6-23(7-11-25)24-8-12-26(13-9-24)32-29(35)20-31(34(38-3)33(32)36)40-28-14-5-22(2)27(19-28)21-41;2*1-2/h5-16,19-21,40H,3-4,17-18,37H2,1-2H3;2*2H,1H3/b16-15-,39-30?;;. The number of nitrogens with two attached hydrogens (primary N) is 1. The van der Waals surface area contributed by atoms with Gasteiger partial charge in [0.15, 0.2) is 5.82 Å². The first-order valence-electron chi connectivity index (χ1n) is 14.3. The molecule has 5 N–H and O–H groups in total. The van der Waals surface area contributed by atoms with Crippen LogP contribution in [0.25, 0.3) is 22.3 Å². The topological polar surface area (TPSA) is 130 Å². The average Bonchev–Trinajstić information content (AvgIpc) is 3.09. The molecule has 10 heteroatoms. The van der Waals surface area contributed by atoms with Crippen LogP contribution in [-0.4, -0.2) is 62.9 Å². The van der Waals surface area contributed by atoms with Crippen LogP contribution >= 0.6 is 0 Å². The molecule has 0 heterocycles. The maximum atomic E-state index is 15.6. The molecule has 4 aromatic rings.